The Balaban J connectivity index is 2.12. The van der Waals surface area contributed by atoms with Gasteiger partial charge < -0.3 is 9.47 Å². The van der Waals surface area contributed by atoms with Crippen molar-refractivity contribution >= 4 is 0 Å². The van der Waals surface area contributed by atoms with Crippen molar-refractivity contribution in [1.29, 1.82) is 0 Å². The molecule has 0 N–H and O–H groups in total. The highest BCUT2D eigenvalue weighted by atomic mass is 16.5. The molecule has 0 aromatic rings. The van der Waals surface area contributed by atoms with E-state index in [0.717, 1.165) is 25.6 Å². The number of hydrogen-bond acceptors (Lipinski definition) is 2. The minimum atomic E-state index is 0.255. The predicted molar refractivity (Wildman–Crippen MR) is 53.8 cm³/mol. The molecule has 13 heavy (non-hydrogen) atoms. The molecule has 0 aliphatic heterocycles. The van der Waals surface area contributed by atoms with Crippen LogP contribution in [0.5, 0.6) is 0 Å². The van der Waals surface area contributed by atoms with Gasteiger partial charge in [-0.25, -0.2) is 0 Å². The molecule has 0 bridgehead atoms. The van der Waals surface area contributed by atoms with Crippen molar-refractivity contribution < 1.29 is 9.47 Å². The van der Waals surface area contributed by atoms with Gasteiger partial charge in [0.2, 0.25) is 0 Å². The molecule has 78 valence electrons. The lowest BCUT2D eigenvalue weighted by molar-refractivity contribution is -0.0653. The van der Waals surface area contributed by atoms with E-state index in [4.69, 9.17) is 9.47 Å². The highest BCUT2D eigenvalue weighted by Gasteiger charge is 2.24. The number of ether oxygens (including phenoxy) is 2. The molecule has 1 saturated carbocycles. The molecule has 1 unspecified atom stereocenters. The van der Waals surface area contributed by atoms with Gasteiger partial charge in [-0.1, -0.05) is 6.92 Å². The van der Waals surface area contributed by atoms with Crippen LogP contribution in [0.25, 0.3) is 0 Å². The molecule has 0 aromatic heterocycles. The van der Waals surface area contributed by atoms with Crippen LogP contribution in [0.2, 0.25) is 0 Å². The van der Waals surface area contributed by atoms with E-state index in [-0.39, 0.29) is 12.2 Å². The summed E-state index contributed by atoms with van der Waals surface area (Å²) < 4.78 is 11.3. The van der Waals surface area contributed by atoms with E-state index < -0.39 is 0 Å². The molecule has 0 aromatic carbocycles. The second kappa shape index (κ2) is 5.61. The molecule has 2 atom stereocenters. The Morgan fingerprint density at radius 3 is 2.38 bits per heavy atom. The highest BCUT2D eigenvalue weighted by Crippen LogP contribution is 2.29. The summed E-state index contributed by atoms with van der Waals surface area (Å²) >= 11 is 0. The Bertz CT molecular complexity index is 132. The van der Waals surface area contributed by atoms with E-state index in [1.807, 2.05) is 6.92 Å². The first-order valence-electron chi connectivity index (χ1n) is 5.51. The van der Waals surface area contributed by atoms with Gasteiger partial charge in [0.25, 0.3) is 0 Å². The average Bonchev–Trinajstić information content (AvgIpc) is 2.93. The van der Waals surface area contributed by atoms with Crippen LogP contribution in [-0.2, 0) is 9.47 Å². The van der Waals surface area contributed by atoms with Gasteiger partial charge in [-0.3, -0.25) is 0 Å². The van der Waals surface area contributed by atoms with E-state index in [2.05, 4.69) is 13.8 Å². The van der Waals surface area contributed by atoms with Crippen molar-refractivity contribution in [3.63, 3.8) is 0 Å². The molecule has 0 spiro atoms. The third kappa shape index (κ3) is 4.10. The van der Waals surface area contributed by atoms with Gasteiger partial charge in [0.15, 0.2) is 0 Å². The summed E-state index contributed by atoms with van der Waals surface area (Å²) in [7, 11) is 0. The minimum Gasteiger partial charge on any atom is -0.376 e. The van der Waals surface area contributed by atoms with E-state index >= 15 is 0 Å². The fourth-order valence-corrected chi connectivity index (χ4v) is 1.48. The molecular formula is C11H22O2. The summed E-state index contributed by atoms with van der Waals surface area (Å²) in [6.07, 6.45) is 4.30. The van der Waals surface area contributed by atoms with Crippen LogP contribution in [0, 0.1) is 5.92 Å². The molecule has 1 aliphatic rings. The van der Waals surface area contributed by atoms with Gasteiger partial charge in [-0.05, 0) is 39.0 Å². The maximum atomic E-state index is 5.75. The SMILES string of the molecule is CCO[C@@H](CC)C(C)OCC1CC1. The van der Waals surface area contributed by atoms with Crippen molar-refractivity contribution in [3.05, 3.63) is 0 Å². The van der Waals surface area contributed by atoms with Crippen LogP contribution >= 0.6 is 0 Å². The van der Waals surface area contributed by atoms with Crippen LogP contribution in [0.15, 0.2) is 0 Å². The van der Waals surface area contributed by atoms with E-state index in [1.54, 1.807) is 0 Å². The van der Waals surface area contributed by atoms with Gasteiger partial charge in [-0.2, -0.15) is 0 Å². The first-order chi connectivity index (χ1) is 6.27. The van der Waals surface area contributed by atoms with Crippen LogP contribution in [0.4, 0.5) is 0 Å². The Morgan fingerprint density at radius 1 is 1.23 bits per heavy atom. The maximum Gasteiger partial charge on any atom is 0.0831 e. The van der Waals surface area contributed by atoms with Crippen molar-refractivity contribution in [2.45, 2.75) is 52.2 Å². The zero-order chi connectivity index (χ0) is 9.68. The monoisotopic (exact) mass is 186 g/mol. The normalized spacial score (nSPS) is 21.5. The predicted octanol–water partition coefficient (Wildman–Crippen LogP) is 2.62. The van der Waals surface area contributed by atoms with Crippen LogP contribution in [-0.4, -0.2) is 25.4 Å². The fraction of sp³-hybridized carbons (Fsp3) is 1.00. The van der Waals surface area contributed by atoms with Gasteiger partial charge >= 0.3 is 0 Å². The lowest BCUT2D eigenvalue weighted by Crippen LogP contribution is -2.29. The van der Waals surface area contributed by atoms with E-state index in [1.165, 1.54) is 12.8 Å². The lowest BCUT2D eigenvalue weighted by Gasteiger charge is -2.22. The van der Waals surface area contributed by atoms with Crippen molar-refractivity contribution in [2.24, 2.45) is 5.92 Å². The number of hydrogen-bond donors (Lipinski definition) is 0. The van der Waals surface area contributed by atoms with Gasteiger partial charge in [0.05, 0.1) is 12.2 Å². The quantitative estimate of drug-likeness (QED) is 0.608. The zero-order valence-corrected chi connectivity index (χ0v) is 9.08. The molecule has 2 nitrogen and oxygen atoms in total. The Morgan fingerprint density at radius 2 is 1.92 bits per heavy atom. The maximum absolute atomic E-state index is 5.75. The number of rotatable bonds is 7. The first kappa shape index (κ1) is 11.0. The topological polar surface area (TPSA) is 18.5 Å². The van der Waals surface area contributed by atoms with Gasteiger partial charge in [0.1, 0.15) is 0 Å². The summed E-state index contributed by atoms with van der Waals surface area (Å²) in [6, 6.07) is 0. The standard InChI is InChI=1S/C11H22O2/c1-4-11(12-5-2)9(3)13-8-10-6-7-10/h9-11H,4-8H2,1-3H3/t9?,11-/m0/s1. The average molecular weight is 186 g/mol. The van der Waals surface area contributed by atoms with Crippen molar-refractivity contribution in [3.8, 4) is 0 Å². The summed E-state index contributed by atoms with van der Waals surface area (Å²) in [5.74, 6) is 0.849. The van der Waals surface area contributed by atoms with Gasteiger partial charge in [0, 0.05) is 13.2 Å². The third-order valence-electron chi connectivity index (χ3n) is 2.60. The molecule has 1 rings (SSSR count). The largest absolute Gasteiger partial charge is 0.376 e. The summed E-state index contributed by atoms with van der Waals surface area (Å²) in [6.45, 7) is 8.03. The summed E-state index contributed by atoms with van der Waals surface area (Å²) in [5.41, 5.74) is 0. The molecule has 0 radical (unpaired) electrons. The molecule has 1 aliphatic carbocycles. The third-order valence-corrected chi connectivity index (χ3v) is 2.60. The lowest BCUT2D eigenvalue weighted by atomic mass is 10.2. The smallest absolute Gasteiger partial charge is 0.0831 e. The fourth-order valence-electron chi connectivity index (χ4n) is 1.48. The highest BCUT2D eigenvalue weighted by molar-refractivity contribution is 4.74. The molecule has 0 saturated heterocycles. The van der Waals surface area contributed by atoms with Gasteiger partial charge in [-0.15, -0.1) is 0 Å². The zero-order valence-electron chi connectivity index (χ0n) is 9.08. The van der Waals surface area contributed by atoms with Crippen LogP contribution < -0.4 is 0 Å². The first-order valence-corrected chi connectivity index (χ1v) is 5.51. The second-order valence-electron chi connectivity index (χ2n) is 3.88. The summed E-state index contributed by atoms with van der Waals surface area (Å²) in [4.78, 5) is 0. The Kier molecular flexibility index (Phi) is 4.74. The van der Waals surface area contributed by atoms with Crippen molar-refractivity contribution in [1.82, 2.24) is 0 Å². The second-order valence-corrected chi connectivity index (χ2v) is 3.88. The molecular weight excluding hydrogens is 164 g/mol. The molecule has 0 heterocycles. The van der Waals surface area contributed by atoms with Crippen LogP contribution in [0.3, 0.4) is 0 Å². The summed E-state index contributed by atoms with van der Waals surface area (Å²) in [5, 5.41) is 0. The van der Waals surface area contributed by atoms with Crippen LogP contribution in [0.1, 0.15) is 40.0 Å². The van der Waals surface area contributed by atoms with E-state index in [0.29, 0.717) is 0 Å². The minimum absolute atomic E-state index is 0.255. The molecule has 1 fully saturated rings. The Labute approximate surface area is 81.6 Å². The molecule has 0 amide bonds. The molecule has 2 heteroatoms. The van der Waals surface area contributed by atoms with Crippen molar-refractivity contribution in [2.75, 3.05) is 13.2 Å². The van der Waals surface area contributed by atoms with E-state index in [9.17, 15) is 0 Å². The Hall–Kier alpha value is -0.0800.